The molecule has 0 saturated carbocycles. The van der Waals surface area contributed by atoms with Gasteiger partial charge in [0.2, 0.25) is 0 Å². The van der Waals surface area contributed by atoms with Crippen LogP contribution in [0.3, 0.4) is 0 Å². The van der Waals surface area contributed by atoms with Crippen LogP contribution in [0.15, 0.2) is 0 Å². The molecule has 0 nitrogen and oxygen atoms in total. The fourth-order valence-electron chi connectivity index (χ4n) is 7.13. The minimum atomic E-state index is -1.60. The molecule has 0 fully saturated rings. The molecule has 0 aromatic rings. The van der Waals surface area contributed by atoms with Crippen LogP contribution in [0.1, 0.15) is 83.1 Å². The second kappa shape index (κ2) is 15.6. The van der Waals surface area contributed by atoms with E-state index < -0.39 is 45.4 Å². The maximum absolute atomic E-state index is 2.61. The van der Waals surface area contributed by atoms with Crippen LogP contribution in [-0.4, -0.2) is 32.3 Å². The Balaban J connectivity index is 7.10. The Labute approximate surface area is 219 Å². The molecule has 0 atom stereocenters. The van der Waals surface area contributed by atoms with E-state index in [1.54, 1.807) is 72.5 Å². The summed E-state index contributed by atoms with van der Waals surface area (Å²) in [5.41, 5.74) is 0. The molecule has 0 saturated heterocycles. The van der Waals surface area contributed by atoms with E-state index in [9.17, 15) is 0 Å². The van der Waals surface area contributed by atoms with Crippen LogP contribution in [0.25, 0.3) is 0 Å². The molecule has 0 spiro atoms. The van der Waals surface area contributed by atoms with Crippen molar-refractivity contribution in [1.29, 1.82) is 0 Å². The Bertz CT molecular complexity index is 379. The van der Waals surface area contributed by atoms with Crippen molar-refractivity contribution in [2.45, 2.75) is 175 Å². The van der Waals surface area contributed by atoms with Gasteiger partial charge in [0.05, 0.1) is 0 Å². The van der Waals surface area contributed by atoms with E-state index >= 15 is 0 Å². The van der Waals surface area contributed by atoms with Crippen molar-refractivity contribution in [1.82, 2.24) is 0 Å². The second-order valence-electron chi connectivity index (χ2n) is 12.0. The average molecular weight is 569 g/mol. The summed E-state index contributed by atoms with van der Waals surface area (Å²) in [6.07, 6.45) is 0. The van der Waals surface area contributed by atoms with E-state index in [-0.39, 0.29) is 0 Å². The summed E-state index contributed by atoms with van der Waals surface area (Å²) < 4.78 is 0. The monoisotopic (exact) mass is 568 g/mol. The summed E-state index contributed by atoms with van der Waals surface area (Å²) in [7, 11) is -4.52. The topological polar surface area (TPSA) is 0 Å². The van der Waals surface area contributed by atoms with Crippen LogP contribution in [0.4, 0.5) is 0 Å². The van der Waals surface area contributed by atoms with E-state index in [2.05, 4.69) is 83.1 Å². The van der Waals surface area contributed by atoms with Gasteiger partial charge in [0.25, 0.3) is 0 Å². The van der Waals surface area contributed by atoms with Gasteiger partial charge in [-0.2, -0.15) is 0 Å². The van der Waals surface area contributed by atoms with Crippen molar-refractivity contribution in [3.8, 4) is 0 Å². The van der Waals surface area contributed by atoms with Crippen LogP contribution >= 0.6 is 0 Å². The zero-order valence-electron chi connectivity index (χ0n) is 25.7. The summed E-state index contributed by atoms with van der Waals surface area (Å²) in [5, 5.41) is 0. The zero-order valence-corrected chi connectivity index (χ0v) is 31.0. The van der Waals surface area contributed by atoms with Crippen molar-refractivity contribution in [2.24, 2.45) is 0 Å². The molecule has 0 radical (unpaired) electrons. The SMILES string of the molecule is CC[Si](CC)(CC)[CH2][Cr]([CH2][Si](CC)(CC)CC)([CH2][Si](CC)(CC)CC)[CH2][Si](CC)(CC)CC. The van der Waals surface area contributed by atoms with Gasteiger partial charge in [-0.15, -0.1) is 0 Å². The van der Waals surface area contributed by atoms with Gasteiger partial charge in [-0.1, -0.05) is 0 Å². The van der Waals surface area contributed by atoms with Crippen LogP contribution in [0.5, 0.6) is 0 Å². The summed E-state index contributed by atoms with van der Waals surface area (Å²) in [6.45, 7) is 31.3. The number of hydrogen-bond donors (Lipinski definition) is 0. The summed E-state index contributed by atoms with van der Waals surface area (Å²) in [6, 6.07) is 18.8. The Morgan fingerprint density at radius 1 is 0.273 bits per heavy atom. The molecule has 0 aliphatic carbocycles. The van der Waals surface area contributed by atoms with Gasteiger partial charge in [-0.05, 0) is 0 Å². The van der Waals surface area contributed by atoms with Crippen LogP contribution in [0.2, 0.25) is 92.2 Å². The zero-order chi connectivity index (χ0) is 25.8. The fraction of sp³-hybridized carbons (Fsp3) is 1.00. The Kier molecular flexibility index (Phi) is 16.3. The van der Waals surface area contributed by atoms with Crippen molar-refractivity contribution >= 4 is 32.3 Å². The Morgan fingerprint density at radius 2 is 0.394 bits per heavy atom. The molecule has 0 bridgehead atoms. The summed E-state index contributed by atoms with van der Waals surface area (Å²) in [4.78, 5) is 7.41. The first-order valence-electron chi connectivity index (χ1n) is 15.3. The molecule has 0 aromatic carbocycles. The van der Waals surface area contributed by atoms with Crippen molar-refractivity contribution in [3.63, 3.8) is 0 Å². The van der Waals surface area contributed by atoms with Crippen LogP contribution < -0.4 is 0 Å². The van der Waals surface area contributed by atoms with E-state index in [4.69, 9.17) is 0 Å². The standard InChI is InChI=1S/4C7H17Si.Cr/c4*1-5-8(4,6-2)7-3;/h4*4-7H2,1-3H3;. The molecule has 0 aliphatic heterocycles. The molecule has 0 heterocycles. The molecule has 0 N–H and O–H groups in total. The molecule has 33 heavy (non-hydrogen) atoms. The van der Waals surface area contributed by atoms with Crippen molar-refractivity contribution < 1.29 is 13.1 Å². The third-order valence-electron chi connectivity index (χ3n) is 11.4. The number of rotatable bonds is 20. The molecule has 0 unspecified atom stereocenters. The molecule has 0 rings (SSSR count). The molecule has 0 amide bonds. The van der Waals surface area contributed by atoms with Crippen LogP contribution in [-0.2, 0) is 13.1 Å². The van der Waals surface area contributed by atoms with Gasteiger partial charge >= 0.3 is 221 Å². The normalized spacial score (nSPS) is 14.7. The van der Waals surface area contributed by atoms with Gasteiger partial charge in [-0.25, -0.2) is 0 Å². The van der Waals surface area contributed by atoms with E-state index in [1.807, 2.05) is 19.6 Å². The quantitative estimate of drug-likeness (QED) is 0.128. The third kappa shape index (κ3) is 8.74. The van der Waals surface area contributed by atoms with Gasteiger partial charge in [0, 0.05) is 0 Å². The first-order chi connectivity index (χ1) is 15.6. The molecular formula is C28H68CrSi4. The predicted octanol–water partition coefficient (Wildman–Crippen LogP) is 12.0. The van der Waals surface area contributed by atoms with Gasteiger partial charge in [0.1, 0.15) is 0 Å². The second-order valence-corrected chi connectivity index (χ2v) is 42.9. The van der Waals surface area contributed by atoms with Crippen molar-refractivity contribution in [3.05, 3.63) is 0 Å². The average Bonchev–Trinajstić information content (AvgIpc) is 2.88. The summed E-state index contributed by atoms with van der Waals surface area (Å²) in [5.74, 6) is 0. The van der Waals surface area contributed by atoms with Gasteiger partial charge < -0.3 is 0 Å². The Morgan fingerprint density at radius 3 is 0.485 bits per heavy atom. The van der Waals surface area contributed by atoms with E-state index in [0.29, 0.717) is 0 Å². The fourth-order valence-corrected chi connectivity index (χ4v) is 67.6. The molecule has 0 aromatic heterocycles. The Hall–Kier alpha value is 1.40. The molecule has 5 heteroatoms. The van der Waals surface area contributed by atoms with Crippen LogP contribution in [0, 0.1) is 0 Å². The molecule has 202 valence electrons. The van der Waals surface area contributed by atoms with E-state index in [1.165, 1.54) is 0 Å². The maximum atomic E-state index is 2.61. The molecular weight excluding hydrogens is 501 g/mol. The first kappa shape index (κ1) is 34.4. The third-order valence-corrected chi connectivity index (χ3v) is 57.3. The van der Waals surface area contributed by atoms with Gasteiger partial charge in [-0.3, -0.25) is 0 Å². The van der Waals surface area contributed by atoms with Crippen molar-refractivity contribution in [2.75, 3.05) is 0 Å². The van der Waals surface area contributed by atoms with E-state index in [0.717, 1.165) is 0 Å². The predicted molar refractivity (Wildman–Crippen MR) is 168 cm³/mol. The summed E-state index contributed by atoms with van der Waals surface area (Å²) >= 11 is -1.60. The van der Waals surface area contributed by atoms with Gasteiger partial charge in [0.15, 0.2) is 0 Å². The minimum absolute atomic E-state index is 1.13. The number of hydrogen-bond acceptors (Lipinski definition) is 0. The first-order valence-corrected chi connectivity index (χ1v) is 30.2. The molecule has 0 aliphatic rings.